The van der Waals surface area contributed by atoms with Gasteiger partial charge in [-0.05, 0) is 43.2 Å². The first-order valence-corrected chi connectivity index (χ1v) is 9.01. The van der Waals surface area contributed by atoms with Gasteiger partial charge in [0.25, 0.3) is 5.56 Å². The molecule has 0 atom stereocenters. The van der Waals surface area contributed by atoms with Gasteiger partial charge >= 0.3 is 5.76 Å². The van der Waals surface area contributed by atoms with E-state index in [-0.39, 0.29) is 18.0 Å². The number of oxazole rings is 1. The minimum atomic E-state index is -0.582. The maximum Gasteiger partial charge on any atom is 0.420 e. The fraction of sp³-hybridized carbons (Fsp3) is 0.190. The molecule has 2 heterocycles. The van der Waals surface area contributed by atoms with Crippen LogP contribution in [-0.2, 0) is 17.8 Å². The largest absolute Gasteiger partial charge is 0.420 e. The molecule has 0 aliphatic rings. The van der Waals surface area contributed by atoms with Gasteiger partial charge in [-0.25, -0.2) is 4.79 Å². The molecule has 28 heavy (non-hydrogen) atoms. The van der Waals surface area contributed by atoms with E-state index in [0.29, 0.717) is 28.7 Å². The Bertz CT molecular complexity index is 1330. The van der Waals surface area contributed by atoms with Crippen molar-refractivity contribution in [3.05, 3.63) is 74.5 Å². The van der Waals surface area contributed by atoms with Gasteiger partial charge in [-0.15, -0.1) is 0 Å². The van der Waals surface area contributed by atoms with Crippen LogP contribution in [0.25, 0.3) is 22.0 Å². The van der Waals surface area contributed by atoms with E-state index in [4.69, 9.17) is 4.42 Å². The standard InChI is InChI=1S/C21H19N3O4/c1-3-14-12(2)15-9-8-13(10-16(15)23-20(14)26)22-19(25)11-24-17-6-4-5-7-18(17)28-21(24)27/h4-10H,3,11H2,1-2H3,(H,22,25)(H,23,26). The summed E-state index contributed by atoms with van der Waals surface area (Å²) < 4.78 is 6.43. The van der Waals surface area contributed by atoms with E-state index in [1.807, 2.05) is 19.9 Å². The lowest BCUT2D eigenvalue weighted by Gasteiger charge is -2.10. The fourth-order valence-electron chi connectivity index (χ4n) is 3.52. The number of aromatic amines is 1. The predicted molar refractivity (Wildman–Crippen MR) is 108 cm³/mol. The number of carbonyl (C=O) groups is 1. The number of fused-ring (bicyclic) bond motifs is 2. The topological polar surface area (TPSA) is 97.1 Å². The van der Waals surface area contributed by atoms with Gasteiger partial charge < -0.3 is 14.7 Å². The molecule has 2 aromatic heterocycles. The highest BCUT2D eigenvalue weighted by atomic mass is 16.4. The number of anilines is 1. The smallest absolute Gasteiger partial charge is 0.408 e. The first-order chi connectivity index (χ1) is 13.5. The summed E-state index contributed by atoms with van der Waals surface area (Å²) in [5.74, 6) is -0.945. The summed E-state index contributed by atoms with van der Waals surface area (Å²) in [7, 11) is 0. The zero-order valence-electron chi connectivity index (χ0n) is 15.5. The van der Waals surface area contributed by atoms with Gasteiger partial charge in [0.1, 0.15) is 6.54 Å². The minimum absolute atomic E-state index is 0.118. The molecule has 0 saturated carbocycles. The van der Waals surface area contributed by atoms with Crippen LogP contribution in [0.1, 0.15) is 18.1 Å². The second-order valence-corrected chi connectivity index (χ2v) is 6.64. The third kappa shape index (κ3) is 3.00. The van der Waals surface area contributed by atoms with Gasteiger partial charge in [0.15, 0.2) is 5.58 Å². The second-order valence-electron chi connectivity index (χ2n) is 6.64. The molecule has 1 amide bonds. The van der Waals surface area contributed by atoms with Crippen LogP contribution in [0, 0.1) is 6.92 Å². The van der Waals surface area contributed by atoms with E-state index in [9.17, 15) is 14.4 Å². The number of benzene rings is 2. The lowest BCUT2D eigenvalue weighted by molar-refractivity contribution is -0.116. The summed E-state index contributed by atoms with van der Waals surface area (Å²) in [5, 5.41) is 3.71. The summed E-state index contributed by atoms with van der Waals surface area (Å²) >= 11 is 0. The molecule has 7 heteroatoms. The maximum absolute atomic E-state index is 12.5. The van der Waals surface area contributed by atoms with Crippen molar-refractivity contribution in [1.82, 2.24) is 9.55 Å². The third-order valence-corrected chi connectivity index (χ3v) is 4.91. The Labute approximate surface area is 159 Å². The first-order valence-electron chi connectivity index (χ1n) is 9.01. The van der Waals surface area contributed by atoms with Gasteiger partial charge in [-0.3, -0.25) is 14.2 Å². The molecule has 0 radical (unpaired) electrons. The first kappa shape index (κ1) is 17.8. The van der Waals surface area contributed by atoms with Gasteiger partial charge in [0.05, 0.1) is 11.0 Å². The van der Waals surface area contributed by atoms with E-state index in [1.165, 1.54) is 4.57 Å². The third-order valence-electron chi connectivity index (χ3n) is 4.91. The average Bonchev–Trinajstić information content (AvgIpc) is 2.97. The molecule has 0 aliphatic carbocycles. The summed E-state index contributed by atoms with van der Waals surface area (Å²) in [5.41, 5.74) is 3.78. The number of pyridine rings is 1. The van der Waals surface area contributed by atoms with Crippen LogP contribution in [0.3, 0.4) is 0 Å². The van der Waals surface area contributed by atoms with Crippen LogP contribution in [0.4, 0.5) is 5.69 Å². The lowest BCUT2D eigenvalue weighted by Crippen LogP contribution is -2.24. The molecule has 4 rings (SSSR count). The monoisotopic (exact) mass is 377 g/mol. The molecule has 0 fully saturated rings. The van der Waals surface area contributed by atoms with Crippen molar-refractivity contribution in [2.45, 2.75) is 26.8 Å². The number of para-hydroxylation sites is 2. The highest BCUT2D eigenvalue weighted by Gasteiger charge is 2.13. The van der Waals surface area contributed by atoms with E-state index < -0.39 is 5.76 Å². The van der Waals surface area contributed by atoms with Gasteiger partial charge in [0.2, 0.25) is 5.91 Å². The molecule has 0 spiro atoms. The molecular weight excluding hydrogens is 358 g/mol. The molecule has 7 nitrogen and oxygen atoms in total. The van der Waals surface area contributed by atoms with Crippen LogP contribution in [0.15, 0.2) is 56.5 Å². The highest BCUT2D eigenvalue weighted by molar-refractivity contribution is 5.94. The Morgan fingerprint density at radius 1 is 1.18 bits per heavy atom. The predicted octanol–water partition coefficient (Wildman–Crippen LogP) is 2.95. The molecule has 142 valence electrons. The number of H-pyrrole nitrogens is 1. The molecule has 4 aromatic rings. The molecule has 0 unspecified atom stereocenters. The van der Waals surface area contributed by atoms with Crippen LogP contribution in [-0.4, -0.2) is 15.5 Å². The summed E-state index contributed by atoms with van der Waals surface area (Å²) in [6.07, 6.45) is 0.656. The van der Waals surface area contributed by atoms with E-state index in [1.54, 1.807) is 36.4 Å². The van der Waals surface area contributed by atoms with Crippen molar-refractivity contribution in [2.24, 2.45) is 0 Å². The Kier molecular flexibility index (Phi) is 4.35. The number of carbonyl (C=O) groups excluding carboxylic acids is 1. The molecule has 2 N–H and O–H groups in total. The molecular formula is C21H19N3O4. The number of nitrogens with one attached hydrogen (secondary N) is 2. The van der Waals surface area contributed by atoms with Crippen LogP contribution < -0.4 is 16.6 Å². The quantitative estimate of drug-likeness (QED) is 0.571. The number of amides is 1. The Hall–Kier alpha value is -3.61. The molecule has 0 bridgehead atoms. The number of hydrogen-bond acceptors (Lipinski definition) is 4. The van der Waals surface area contributed by atoms with Crippen molar-refractivity contribution >= 4 is 33.6 Å². The maximum atomic E-state index is 12.5. The van der Waals surface area contributed by atoms with Crippen LogP contribution in [0.2, 0.25) is 0 Å². The highest BCUT2D eigenvalue weighted by Crippen LogP contribution is 2.21. The van der Waals surface area contributed by atoms with E-state index in [0.717, 1.165) is 16.5 Å². The van der Waals surface area contributed by atoms with Crippen molar-refractivity contribution in [1.29, 1.82) is 0 Å². The molecule has 0 aliphatic heterocycles. The summed E-state index contributed by atoms with van der Waals surface area (Å²) in [6.45, 7) is 3.70. The number of nitrogens with zero attached hydrogens (tertiary/aromatic N) is 1. The van der Waals surface area contributed by atoms with Crippen molar-refractivity contribution in [3.8, 4) is 0 Å². The van der Waals surface area contributed by atoms with E-state index >= 15 is 0 Å². The number of hydrogen-bond donors (Lipinski definition) is 2. The van der Waals surface area contributed by atoms with Crippen molar-refractivity contribution in [3.63, 3.8) is 0 Å². The van der Waals surface area contributed by atoms with Crippen molar-refractivity contribution in [2.75, 3.05) is 5.32 Å². The average molecular weight is 377 g/mol. The fourth-order valence-corrected chi connectivity index (χ4v) is 3.52. The molecule has 2 aromatic carbocycles. The van der Waals surface area contributed by atoms with Crippen LogP contribution in [0.5, 0.6) is 0 Å². The molecule has 0 saturated heterocycles. The minimum Gasteiger partial charge on any atom is -0.408 e. The second kappa shape index (κ2) is 6.84. The zero-order chi connectivity index (χ0) is 19.8. The van der Waals surface area contributed by atoms with Crippen molar-refractivity contribution < 1.29 is 9.21 Å². The zero-order valence-corrected chi connectivity index (χ0v) is 15.5. The Balaban J connectivity index is 1.62. The lowest BCUT2D eigenvalue weighted by atomic mass is 10.0. The summed E-state index contributed by atoms with van der Waals surface area (Å²) in [6, 6.07) is 12.3. The van der Waals surface area contributed by atoms with Gasteiger partial charge in [-0.1, -0.05) is 25.1 Å². The van der Waals surface area contributed by atoms with E-state index in [2.05, 4.69) is 10.3 Å². The number of aryl methyl sites for hydroxylation is 1. The Morgan fingerprint density at radius 2 is 1.96 bits per heavy atom. The van der Waals surface area contributed by atoms with Crippen LogP contribution >= 0.6 is 0 Å². The van der Waals surface area contributed by atoms with Gasteiger partial charge in [0, 0.05) is 16.6 Å². The normalized spacial score (nSPS) is 11.2. The Morgan fingerprint density at radius 3 is 2.75 bits per heavy atom. The number of rotatable bonds is 4. The van der Waals surface area contributed by atoms with Gasteiger partial charge in [-0.2, -0.15) is 0 Å². The SMILES string of the molecule is CCc1c(C)c2ccc(NC(=O)Cn3c(=O)oc4ccccc43)cc2[nH]c1=O. The number of aromatic nitrogens is 2. The summed E-state index contributed by atoms with van der Waals surface area (Å²) in [4.78, 5) is 39.5.